The number of rotatable bonds is 3. The molecule has 1 aliphatic rings. The van der Waals surface area contributed by atoms with E-state index in [9.17, 15) is 0 Å². The molecule has 0 saturated carbocycles. The highest BCUT2D eigenvalue weighted by Gasteiger charge is 2.38. The van der Waals surface area contributed by atoms with Crippen molar-refractivity contribution in [3.05, 3.63) is 169 Å². The van der Waals surface area contributed by atoms with Crippen LogP contribution in [0.1, 0.15) is 15.2 Å². The Balaban J connectivity index is 1.39. The quantitative estimate of drug-likeness (QED) is 0.184. The standard InChI is InChI=1S/C48H32N4S/c1-29-15-6-12-25-38(29)51-39-28-27-31-17-7-8-20-33(31)42(39)43-35-22-10-9-21-34(35)41-36-23-11-13-26-40(36)53-47(41)46(43)52(51)48-49-44-30(2)16-14-24-37(44)45(50-48)32-18-4-3-5-19-32/h3-28H,1-2H3/i1D3. The van der Waals surface area contributed by atoms with Crippen LogP contribution < -0.4 is 10.0 Å². The molecular formula is C48H32N4S. The summed E-state index contributed by atoms with van der Waals surface area (Å²) in [6, 6.07) is 53.8. The molecule has 0 amide bonds. The molecule has 1 aliphatic heterocycles. The molecule has 2 aromatic heterocycles. The molecule has 0 unspecified atom stereocenters. The number of aryl methyl sites for hydroxylation is 2. The van der Waals surface area contributed by atoms with Gasteiger partial charge >= 0.3 is 0 Å². The molecule has 8 aromatic carbocycles. The van der Waals surface area contributed by atoms with E-state index in [-0.39, 0.29) is 5.56 Å². The van der Waals surface area contributed by atoms with Gasteiger partial charge in [0.05, 0.1) is 33.0 Å². The first-order valence-corrected chi connectivity index (χ1v) is 18.6. The minimum absolute atomic E-state index is 0.237. The Morgan fingerprint density at radius 3 is 2.09 bits per heavy atom. The summed E-state index contributed by atoms with van der Waals surface area (Å²) in [7, 11) is 0. The van der Waals surface area contributed by atoms with Crippen LogP contribution in [0.2, 0.25) is 0 Å². The zero-order valence-corrected chi connectivity index (χ0v) is 29.5. The normalized spacial score (nSPS) is 13.7. The topological polar surface area (TPSA) is 32.3 Å². The molecule has 0 fully saturated rings. The molecule has 0 saturated heterocycles. The molecule has 0 N–H and O–H groups in total. The number of aromatic nitrogens is 2. The summed E-state index contributed by atoms with van der Waals surface area (Å²) >= 11 is 1.75. The van der Waals surface area contributed by atoms with Crippen LogP contribution in [-0.2, 0) is 0 Å². The Labute approximate surface area is 315 Å². The van der Waals surface area contributed by atoms with Crippen molar-refractivity contribution >= 4 is 87.0 Å². The van der Waals surface area contributed by atoms with Gasteiger partial charge in [0.25, 0.3) is 5.95 Å². The fourth-order valence-corrected chi connectivity index (χ4v) is 9.54. The smallest absolute Gasteiger partial charge is 0.245 e. The molecule has 0 bridgehead atoms. The maximum absolute atomic E-state index is 8.82. The van der Waals surface area contributed by atoms with E-state index in [4.69, 9.17) is 14.1 Å². The second kappa shape index (κ2) is 11.5. The Morgan fingerprint density at radius 2 is 1.23 bits per heavy atom. The Bertz CT molecular complexity index is 3230. The summed E-state index contributed by atoms with van der Waals surface area (Å²) in [5.74, 6) is 0.445. The molecule has 0 spiro atoms. The van der Waals surface area contributed by atoms with E-state index in [2.05, 4.69) is 132 Å². The van der Waals surface area contributed by atoms with Gasteiger partial charge in [-0.1, -0.05) is 140 Å². The highest BCUT2D eigenvalue weighted by atomic mass is 32.1. The molecule has 0 atom stereocenters. The monoisotopic (exact) mass is 699 g/mol. The lowest BCUT2D eigenvalue weighted by molar-refractivity contribution is 0.928. The molecule has 10 aromatic rings. The van der Waals surface area contributed by atoms with Gasteiger partial charge < -0.3 is 0 Å². The van der Waals surface area contributed by atoms with E-state index in [1.807, 2.05) is 30.3 Å². The summed E-state index contributed by atoms with van der Waals surface area (Å²) in [5.41, 5.74) is 8.24. The number of hydrazine groups is 1. The zero-order chi connectivity index (χ0) is 37.7. The third-order valence-electron chi connectivity index (χ3n) is 10.6. The summed E-state index contributed by atoms with van der Waals surface area (Å²) in [5, 5.41) is 11.9. The highest BCUT2D eigenvalue weighted by molar-refractivity contribution is 7.26. The highest BCUT2D eigenvalue weighted by Crippen LogP contribution is 2.59. The first-order chi connectivity index (χ1) is 27.4. The molecular weight excluding hydrogens is 665 g/mol. The van der Waals surface area contributed by atoms with E-state index in [1.165, 1.54) is 10.1 Å². The van der Waals surface area contributed by atoms with Crippen LogP contribution in [0, 0.1) is 13.8 Å². The minimum atomic E-state index is -2.41. The van der Waals surface area contributed by atoms with E-state index < -0.39 is 6.85 Å². The minimum Gasteiger partial charge on any atom is -0.245 e. The van der Waals surface area contributed by atoms with Crippen molar-refractivity contribution in [1.29, 1.82) is 0 Å². The molecule has 3 heterocycles. The van der Waals surface area contributed by atoms with Crippen LogP contribution in [0.5, 0.6) is 0 Å². The van der Waals surface area contributed by atoms with E-state index in [0.717, 1.165) is 81.9 Å². The van der Waals surface area contributed by atoms with Gasteiger partial charge in [-0.05, 0) is 64.6 Å². The second-order valence-electron chi connectivity index (χ2n) is 13.6. The number of hydrogen-bond donors (Lipinski definition) is 0. The van der Waals surface area contributed by atoms with Gasteiger partial charge in [0.15, 0.2) is 0 Å². The van der Waals surface area contributed by atoms with Crippen molar-refractivity contribution < 1.29 is 4.11 Å². The fraction of sp³-hybridized carbons (Fsp3) is 0.0417. The van der Waals surface area contributed by atoms with Crippen LogP contribution in [0.4, 0.5) is 23.0 Å². The van der Waals surface area contributed by atoms with E-state index >= 15 is 0 Å². The molecule has 0 radical (unpaired) electrons. The van der Waals surface area contributed by atoms with Gasteiger partial charge in [0.1, 0.15) is 0 Å². The average Bonchev–Trinajstić information content (AvgIpc) is 3.63. The molecule has 5 heteroatoms. The van der Waals surface area contributed by atoms with Crippen molar-refractivity contribution in [2.24, 2.45) is 0 Å². The first-order valence-electron chi connectivity index (χ1n) is 19.3. The van der Waals surface area contributed by atoms with Gasteiger partial charge in [-0.25, -0.2) is 20.0 Å². The van der Waals surface area contributed by atoms with E-state index in [0.29, 0.717) is 11.6 Å². The molecule has 250 valence electrons. The number of benzene rings is 8. The number of nitrogens with zero attached hydrogens (tertiary/aromatic N) is 4. The van der Waals surface area contributed by atoms with Crippen molar-refractivity contribution in [3.8, 4) is 22.4 Å². The maximum atomic E-state index is 8.82. The van der Waals surface area contributed by atoms with Gasteiger partial charge in [-0.15, -0.1) is 11.3 Å². The Morgan fingerprint density at radius 1 is 0.528 bits per heavy atom. The third-order valence-corrected chi connectivity index (χ3v) is 11.8. The molecule has 11 rings (SSSR count). The number of thiophene rings is 1. The third kappa shape index (κ3) is 4.35. The van der Waals surface area contributed by atoms with Crippen molar-refractivity contribution in [1.82, 2.24) is 9.97 Å². The maximum Gasteiger partial charge on any atom is 0.251 e. The first kappa shape index (κ1) is 27.1. The predicted molar refractivity (Wildman–Crippen MR) is 225 cm³/mol. The summed E-state index contributed by atoms with van der Waals surface area (Å²) in [6.45, 7) is -0.329. The van der Waals surface area contributed by atoms with Crippen LogP contribution in [0.15, 0.2) is 158 Å². The molecule has 0 aliphatic carbocycles. The van der Waals surface area contributed by atoms with Gasteiger partial charge in [0.2, 0.25) is 0 Å². The van der Waals surface area contributed by atoms with Crippen LogP contribution >= 0.6 is 11.3 Å². The number of fused-ring (bicyclic) bond motifs is 13. The fourth-order valence-electron chi connectivity index (χ4n) is 8.28. The number of para-hydroxylation sites is 2. The van der Waals surface area contributed by atoms with Crippen molar-refractivity contribution in [2.75, 3.05) is 10.0 Å². The van der Waals surface area contributed by atoms with Gasteiger partial charge in [-0.2, -0.15) is 0 Å². The lowest BCUT2D eigenvalue weighted by Crippen LogP contribution is -2.40. The van der Waals surface area contributed by atoms with Crippen LogP contribution in [0.3, 0.4) is 0 Å². The Kier molecular flexibility index (Phi) is 5.88. The Hall–Kier alpha value is -6.56. The van der Waals surface area contributed by atoms with Gasteiger partial charge in [0, 0.05) is 41.7 Å². The summed E-state index contributed by atoms with van der Waals surface area (Å²) < 4.78 is 28.7. The lowest BCUT2D eigenvalue weighted by atomic mass is 9.87. The second-order valence-corrected chi connectivity index (χ2v) is 14.7. The number of anilines is 4. The summed E-state index contributed by atoms with van der Waals surface area (Å²) in [6.07, 6.45) is 0. The van der Waals surface area contributed by atoms with Gasteiger partial charge in [-0.3, -0.25) is 0 Å². The van der Waals surface area contributed by atoms with Crippen molar-refractivity contribution in [3.63, 3.8) is 0 Å². The molecule has 4 nitrogen and oxygen atoms in total. The summed E-state index contributed by atoms with van der Waals surface area (Å²) in [4.78, 5) is 11.0. The lowest BCUT2D eigenvalue weighted by Gasteiger charge is -2.43. The molecule has 53 heavy (non-hydrogen) atoms. The van der Waals surface area contributed by atoms with E-state index in [1.54, 1.807) is 23.5 Å². The predicted octanol–water partition coefficient (Wildman–Crippen LogP) is 13.5. The van der Waals surface area contributed by atoms with Crippen LogP contribution in [-0.4, -0.2) is 9.97 Å². The van der Waals surface area contributed by atoms with Crippen LogP contribution in [0.25, 0.3) is 75.0 Å². The SMILES string of the molecule is [2H]C([2H])([2H])c1ccccc1N1c2ccc3ccccc3c2-c2c(c3sc4ccccc4c3c3ccccc23)N1c1nc(-c2ccccc2)c2cccc(C)c2n1. The zero-order valence-electron chi connectivity index (χ0n) is 31.7. The number of hydrogen-bond acceptors (Lipinski definition) is 5. The largest absolute Gasteiger partial charge is 0.251 e. The average molecular weight is 700 g/mol. The van der Waals surface area contributed by atoms with Crippen molar-refractivity contribution in [2.45, 2.75) is 13.8 Å².